The molecule has 2 aromatic rings. The molecular weight excluding hydrogens is 306 g/mol. The molecule has 0 bridgehead atoms. The number of nitrogens with one attached hydrogen (secondary N) is 1. The zero-order valence-electron chi connectivity index (χ0n) is 11.9. The van der Waals surface area contributed by atoms with Gasteiger partial charge in [-0.25, -0.2) is 13.1 Å². The van der Waals surface area contributed by atoms with Gasteiger partial charge in [-0.05, 0) is 29.7 Å². The van der Waals surface area contributed by atoms with Gasteiger partial charge in [0, 0.05) is 16.3 Å². The van der Waals surface area contributed by atoms with Gasteiger partial charge in [-0.1, -0.05) is 31.2 Å². The highest BCUT2D eigenvalue weighted by Gasteiger charge is 2.12. The van der Waals surface area contributed by atoms with E-state index in [-0.39, 0.29) is 12.4 Å². The Kier molecular flexibility index (Phi) is 5.52. The minimum atomic E-state index is -3.36. The minimum Gasteiger partial charge on any atom is -0.392 e. The third-order valence-corrected chi connectivity index (χ3v) is 5.62. The predicted molar refractivity (Wildman–Crippen MR) is 85.5 cm³/mol. The van der Waals surface area contributed by atoms with Gasteiger partial charge in [0.25, 0.3) is 0 Å². The number of aryl methyl sites for hydroxylation is 1. The van der Waals surface area contributed by atoms with E-state index in [4.69, 9.17) is 5.11 Å². The molecule has 0 aliphatic heterocycles. The van der Waals surface area contributed by atoms with Crippen LogP contribution < -0.4 is 4.72 Å². The fourth-order valence-electron chi connectivity index (χ4n) is 1.90. The molecule has 1 aromatic carbocycles. The van der Waals surface area contributed by atoms with Gasteiger partial charge < -0.3 is 5.11 Å². The van der Waals surface area contributed by atoms with Gasteiger partial charge in [-0.3, -0.25) is 0 Å². The Hall–Kier alpha value is -1.21. The number of aliphatic hydroxyl groups excluding tert-OH is 1. The summed E-state index contributed by atoms with van der Waals surface area (Å²) in [6.07, 6.45) is 0.967. The van der Waals surface area contributed by atoms with Crippen LogP contribution >= 0.6 is 11.3 Å². The summed E-state index contributed by atoms with van der Waals surface area (Å²) >= 11 is 1.63. The number of aliphatic hydroxyl groups is 1. The first kappa shape index (κ1) is 16.2. The molecule has 0 unspecified atom stereocenters. The lowest BCUT2D eigenvalue weighted by Crippen LogP contribution is -2.24. The van der Waals surface area contributed by atoms with Crippen LogP contribution in [-0.2, 0) is 35.3 Å². The molecule has 21 heavy (non-hydrogen) atoms. The molecule has 114 valence electrons. The Balaban J connectivity index is 1.94. The average Bonchev–Trinajstić information content (AvgIpc) is 2.94. The summed E-state index contributed by atoms with van der Waals surface area (Å²) in [7, 11) is -3.36. The third kappa shape index (κ3) is 4.93. The molecule has 0 saturated carbocycles. The van der Waals surface area contributed by atoms with Gasteiger partial charge in [-0.15, -0.1) is 11.3 Å². The molecule has 0 fully saturated rings. The highest BCUT2D eigenvalue weighted by atomic mass is 32.2. The highest BCUT2D eigenvalue weighted by molar-refractivity contribution is 7.88. The minimum absolute atomic E-state index is 0.0383. The van der Waals surface area contributed by atoms with Gasteiger partial charge in [-0.2, -0.15) is 0 Å². The topological polar surface area (TPSA) is 66.4 Å². The molecule has 0 atom stereocenters. The molecule has 0 aliphatic carbocycles. The van der Waals surface area contributed by atoms with Crippen molar-refractivity contribution in [3.05, 3.63) is 57.3 Å². The zero-order chi connectivity index (χ0) is 15.3. The number of thiophene rings is 1. The summed E-state index contributed by atoms with van der Waals surface area (Å²) in [5.74, 6) is -0.0509. The summed E-state index contributed by atoms with van der Waals surface area (Å²) in [6.45, 7) is 2.38. The number of sulfonamides is 1. The first-order valence-corrected chi connectivity index (χ1v) is 9.23. The Bertz CT molecular complexity index is 675. The third-order valence-electron chi connectivity index (χ3n) is 3.09. The molecule has 4 nitrogen and oxygen atoms in total. The molecular formula is C15H19NO3S2. The molecule has 2 rings (SSSR count). The monoisotopic (exact) mass is 325 g/mol. The van der Waals surface area contributed by atoms with E-state index in [0.717, 1.165) is 16.9 Å². The van der Waals surface area contributed by atoms with E-state index < -0.39 is 10.0 Å². The number of rotatable bonds is 7. The molecule has 0 saturated heterocycles. The summed E-state index contributed by atoms with van der Waals surface area (Å²) in [6, 6.07) is 10.9. The lowest BCUT2D eigenvalue weighted by molar-refractivity contribution is 0.282. The smallest absolute Gasteiger partial charge is 0.216 e. The lowest BCUT2D eigenvalue weighted by Gasteiger charge is -2.06. The second kappa shape index (κ2) is 7.17. The number of benzene rings is 1. The second-order valence-corrected chi connectivity index (χ2v) is 7.84. The summed E-state index contributed by atoms with van der Waals surface area (Å²) < 4.78 is 26.7. The number of hydrogen-bond acceptors (Lipinski definition) is 4. The van der Waals surface area contributed by atoms with Crippen LogP contribution in [0.4, 0.5) is 0 Å². The van der Waals surface area contributed by atoms with Gasteiger partial charge in [0.15, 0.2) is 0 Å². The van der Waals surface area contributed by atoms with Crippen molar-refractivity contribution in [2.45, 2.75) is 32.2 Å². The highest BCUT2D eigenvalue weighted by Crippen LogP contribution is 2.17. The first-order valence-electron chi connectivity index (χ1n) is 6.76. The summed E-state index contributed by atoms with van der Waals surface area (Å²) in [5.41, 5.74) is 1.48. The molecule has 0 radical (unpaired) electrons. The van der Waals surface area contributed by atoms with Crippen LogP contribution in [0.15, 0.2) is 36.4 Å². The van der Waals surface area contributed by atoms with Crippen LogP contribution in [0, 0.1) is 0 Å². The van der Waals surface area contributed by atoms with E-state index in [1.807, 2.05) is 12.1 Å². The van der Waals surface area contributed by atoms with Crippen LogP contribution in [0.5, 0.6) is 0 Å². The molecule has 1 heterocycles. The standard InChI is InChI=1S/C15H19NO3S2/c1-2-14-7-8-15(20-14)9-16-21(18,19)11-13-5-3-12(10-17)4-6-13/h3-8,16-17H,2,9-11H2,1H3. The predicted octanol–water partition coefficient (Wildman–Crippen LogP) is 2.42. The maximum absolute atomic E-state index is 12.0. The van der Waals surface area contributed by atoms with Crippen LogP contribution in [0.2, 0.25) is 0 Å². The number of hydrogen-bond donors (Lipinski definition) is 2. The molecule has 0 aliphatic rings. The molecule has 1 aromatic heterocycles. The van der Waals surface area contributed by atoms with E-state index >= 15 is 0 Å². The van der Waals surface area contributed by atoms with E-state index in [0.29, 0.717) is 12.1 Å². The normalized spacial score (nSPS) is 11.7. The van der Waals surface area contributed by atoms with Gasteiger partial charge in [0.05, 0.1) is 12.4 Å². The second-order valence-electron chi connectivity index (χ2n) is 4.78. The van der Waals surface area contributed by atoms with Crippen molar-refractivity contribution in [3.8, 4) is 0 Å². The molecule has 0 spiro atoms. The van der Waals surface area contributed by atoms with Crippen molar-refractivity contribution >= 4 is 21.4 Å². The Labute approximate surface area is 129 Å². The average molecular weight is 325 g/mol. The van der Waals surface area contributed by atoms with Gasteiger partial charge in [0.2, 0.25) is 10.0 Å². The van der Waals surface area contributed by atoms with Gasteiger partial charge in [0.1, 0.15) is 0 Å². The SMILES string of the molecule is CCc1ccc(CNS(=O)(=O)Cc2ccc(CO)cc2)s1. The maximum atomic E-state index is 12.0. The first-order chi connectivity index (χ1) is 10.0. The molecule has 6 heteroatoms. The van der Waals surface area contributed by atoms with Crippen molar-refractivity contribution in [3.63, 3.8) is 0 Å². The van der Waals surface area contributed by atoms with E-state index in [9.17, 15) is 8.42 Å². The fourth-order valence-corrected chi connectivity index (χ4v) is 4.00. The Morgan fingerprint density at radius 2 is 1.67 bits per heavy atom. The lowest BCUT2D eigenvalue weighted by atomic mass is 10.2. The van der Waals surface area contributed by atoms with E-state index in [1.54, 1.807) is 35.6 Å². The summed E-state index contributed by atoms with van der Waals surface area (Å²) in [5, 5.41) is 8.96. The largest absolute Gasteiger partial charge is 0.392 e. The Morgan fingerprint density at radius 1 is 1.05 bits per heavy atom. The van der Waals surface area contributed by atoms with Crippen molar-refractivity contribution in [1.82, 2.24) is 4.72 Å². The molecule has 0 amide bonds. The summed E-state index contributed by atoms with van der Waals surface area (Å²) in [4.78, 5) is 2.27. The van der Waals surface area contributed by atoms with Crippen molar-refractivity contribution in [1.29, 1.82) is 0 Å². The van der Waals surface area contributed by atoms with Crippen molar-refractivity contribution in [2.75, 3.05) is 0 Å². The Morgan fingerprint density at radius 3 is 2.24 bits per heavy atom. The maximum Gasteiger partial charge on any atom is 0.216 e. The fraction of sp³-hybridized carbons (Fsp3) is 0.333. The molecule has 2 N–H and O–H groups in total. The van der Waals surface area contributed by atoms with Gasteiger partial charge >= 0.3 is 0 Å². The van der Waals surface area contributed by atoms with Crippen LogP contribution in [-0.4, -0.2) is 13.5 Å². The van der Waals surface area contributed by atoms with E-state index in [2.05, 4.69) is 11.6 Å². The van der Waals surface area contributed by atoms with Crippen LogP contribution in [0.25, 0.3) is 0 Å². The van der Waals surface area contributed by atoms with Crippen molar-refractivity contribution < 1.29 is 13.5 Å². The van der Waals surface area contributed by atoms with Crippen molar-refractivity contribution in [2.24, 2.45) is 0 Å². The quantitative estimate of drug-likeness (QED) is 0.821. The van der Waals surface area contributed by atoms with Crippen LogP contribution in [0.3, 0.4) is 0 Å². The zero-order valence-corrected chi connectivity index (χ0v) is 13.5. The van der Waals surface area contributed by atoms with Crippen LogP contribution in [0.1, 0.15) is 27.8 Å². The van der Waals surface area contributed by atoms with E-state index in [1.165, 1.54) is 4.88 Å².